The van der Waals surface area contributed by atoms with E-state index >= 15 is 0 Å². The van der Waals surface area contributed by atoms with Gasteiger partial charge in [0.25, 0.3) is 0 Å². The molecular formula is C33H51NO7S. The highest BCUT2D eigenvalue weighted by Gasteiger charge is 2.70. The van der Waals surface area contributed by atoms with Crippen LogP contribution in [0.25, 0.3) is 0 Å². The topological polar surface area (TPSA) is 127 Å². The maximum absolute atomic E-state index is 14.5. The van der Waals surface area contributed by atoms with Gasteiger partial charge in [-0.05, 0) is 110 Å². The third-order valence-corrected chi connectivity index (χ3v) is 15.2. The van der Waals surface area contributed by atoms with Crippen molar-refractivity contribution in [2.24, 2.45) is 50.2 Å². The summed E-state index contributed by atoms with van der Waals surface area (Å²) >= 11 is 0. The van der Waals surface area contributed by atoms with Crippen LogP contribution >= 0.6 is 0 Å². The number of sulfonamides is 1. The molecule has 8 nitrogen and oxygen atoms in total. The average Bonchev–Trinajstić information content (AvgIpc) is 2.87. The molecule has 0 spiro atoms. The first-order chi connectivity index (χ1) is 19.2. The Kier molecular flexibility index (Phi) is 7.26. The Labute approximate surface area is 251 Å². The van der Waals surface area contributed by atoms with E-state index in [2.05, 4.69) is 51.0 Å². The van der Waals surface area contributed by atoms with Gasteiger partial charge in [0.2, 0.25) is 10.0 Å². The molecular weight excluding hydrogens is 554 g/mol. The van der Waals surface area contributed by atoms with Crippen molar-refractivity contribution >= 4 is 27.7 Å². The van der Waals surface area contributed by atoms with Gasteiger partial charge in [-0.3, -0.25) is 14.4 Å². The quantitative estimate of drug-likeness (QED) is 0.396. The predicted octanol–water partition coefficient (Wildman–Crippen LogP) is 5.51. The standard InChI is InChI=1S/C33H51NO7S/c1-28(2)23-9-12-33(7)26(31(23,5)11-10-24(28)34-42(39,40)19-25(36)41-8)22(35)17-20-21-18-30(4,27(37)38)14-13-29(21,3)15-16-32(20,33)6/h17,21,23-24,26,34H,9-16,18-19H2,1-8H3,(H,37,38)/t21-,23-,24-,26+,29+,30-,31-,32+,33+/m0/s1. The fourth-order valence-corrected chi connectivity index (χ4v) is 12.4. The van der Waals surface area contributed by atoms with Crippen molar-refractivity contribution in [1.29, 1.82) is 0 Å². The smallest absolute Gasteiger partial charge is 0.322 e. The number of aliphatic carboxylic acids is 1. The molecule has 9 atom stereocenters. The van der Waals surface area contributed by atoms with Gasteiger partial charge in [0, 0.05) is 12.0 Å². The van der Waals surface area contributed by atoms with Crippen LogP contribution in [0.2, 0.25) is 0 Å². The van der Waals surface area contributed by atoms with Crippen LogP contribution in [0.4, 0.5) is 0 Å². The van der Waals surface area contributed by atoms with E-state index in [0.29, 0.717) is 19.3 Å². The number of hydrogen-bond donors (Lipinski definition) is 2. The van der Waals surface area contributed by atoms with Gasteiger partial charge in [-0.1, -0.05) is 47.1 Å². The summed E-state index contributed by atoms with van der Waals surface area (Å²) in [5.74, 6) is -2.06. The van der Waals surface area contributed by atoms with E-state index in [4.69, 9.17) is 0 Å². The van der Waals surface area contributed by atoms with Crippen LogP contribution in [0.1, 0.15) is 106 Å². The molecule has 5 aliphatic rings. The second kappa shape index (κ2) is 9.63. The number of methoxy groups -OCH3 is 1. The van der Waals surface area contributed by atoms with Gasteiger partial charge in [-0.2, -0.15) is 0 Å². The van der Waals surface area contributed by atoms with Crippen molar-refractivity contribution in [3.05, 3.63) is 11.6 Å². The number of esters is 1. The van der Waals surface area contributed by atoms with E-state index in [-0.39, 0.29) is 51.2 Å². The number of ether oxygens (including phenoxy) is 1. The molecule has 0 radical (unpaired) electrons. The van der Waals surface area contributed by atoms with Gasteiger partial charge in [-0.25, -0.2) is 13.1 Å². The fraction of sp³-hybridized carbons (Fsp3) is 0.848. The fourth-order valence-electron chi connectivity index (χ4n) is 11.1. The molecule has 0 aliphatic heterocycles. The van der Waals surface area contributed by atoms with Crippen LogP contribution in [0.3, 0.4) is 0 Å². The lowest BCUT2D eigenvalue weighted by atomic mass is 9.33. The number of fused-ring (bicyclic) bond motifs is 7. The van der Waals surface area contributed by atoms with Gasteiger partial charge in [0.05, 0.1) is 12.5 Å². The van der Waals surface area contributed by atoms with Crippen molar-refractivity contribution in [1.82, 2.24) is 4.72 Å². The van der Waals surface area contributed by atoms with Crippen LogP contribution < -0.4 is 4.72 Å². The maximum atomic E-state index is 14.5. The van der Waals surface area contributed by atoms with Crippen molar-refractivity contribution in [3.63, 3.8) is 0 Å². The maximum Gasteiger partial charge on any atom is 0.322 e. The molecule has 5 rings (SSSR count). The lowest BCUT2D eigenvalue weighted by molar-refractivity contribution is -0.188. The zero-order chi connectivity index (χ0) is 31.3. The van der Waals surface area contributed by atoms with Crippen LogP contribution in [0.15, 0.2) is 11.6 Å². The van der Waals surface area contributed by atoms with Gasteiger partial charge in [0.1, 0.15) is 0 Å². The molecule has 5 aliphatic carbocycles. The average molecular weight is 606 g/mol. The van der Waals surface area contributed by atoms with Gasteiger partial charge < -0.3 is 9.84 Å². The lowest BCUT2D eigenvalue weighted by Gasteiger charge is -2.70. The van der Waals surface area contributed by atoms with Crippen LogP contribution in [0, 0.1) is 50.2 Å². The minimum absolute atomic E-state index is 0.00624. The van der Waals surface area contributed by atoms with E-state index < -0.39 is 38.5 Å². The first-order valence-electron chi connectivity index (χ1n) is 15.8. The Morgan fingerprint density at radius 1 is 0.976 bits per heavy atom. The molecule has 4 fully saturated rings. The Balaban J connectivity index is 1.51. The first kappa shape index (κ1) is 31.7. The zero-order valence-electron chi connectivity index (χ0n) is 26.8. The summed E-state index contributed by atoms with van der Waals surface area (Å²) in [5, 5.41) is 10.1. The molecule has 0 aromatic heterocycles. The largest absolute Gasteiger partial charge is 0.481 e. The Hall–Kier alpha value is -1.74. The third kappa shape index (κ3) is 4.37. The molecule has 2 N–H and O–H groups in total. The summed E-state index contributed by atoms with van der Waals surface area (Å²) in [6.07, 6.45) is 9.15. The number of carbonyl (C=O) groups excluding carboxylic acids is 2. The lowest BCUT2D eigenvalue weighted by Crippen LogP contribution is -2.67. The van der Waals surface area contributed by atoms with E-state index in [0.717, 1.165) is 38.5 Å². The number of carbonyl (C=O) groups is 3. The van der Waals surface area contributed by atoms with E-state index in [1.54, 1.807) is 0 Å². The molecule has 0 saturated heterocycles. The third-order valence-electron chi connectivity index (χ3n) is 14.0. The molecule has 0 aromatic carbocycles. The number of hydrogen-bond acceptors (Lipinski definition) is 6. The molecule has 0 amide bonds. The number of ketones is 1. The van der Waals surface area contributed by atoms with Gasteiger partial charge >= 0.3 is 11.9 Å². The van der Waals surface area contributed by atoms with Crippen LogP contribution in [-0.2, 0) is 29.1 Å². The number of carboxylic acid groups (broad SMARTS) is 1. The van der Waals surface area contributed by atoms with Gasteiger partial charge in [0.15, 0.2) is 11.5 Å². The Bertz CT molecular complexity index is 1340. The van der Waals surface area contributed by atoms with Crippen molar-refractivity contribution in [2.45, 2.75) is 112 Å². The Morgan fingerprint density at radius 2 is 1.62 bits per heavy atom. The predicted molar refractivity (Wildman–Crippen MR) is 160 cm³/mol. The second-order valence-corrected chi connectivity index (χ2v) is 18.2. The monoisotopic (exact) mass is 605 g/mol. The molecule has 0 unspecified atom stereocenters. The number of carboxylic acids is 1. The highest BCUT2D eigenvalue weighted by atomic mass is 32.2. The molecule has 4 saturated carbocycles. The number of nitrogens with one attached hydrogen (secondary N) is 1. The van der Waals surface area contributed by atoms with E-state index in [1.807, 2.05) is 13.0 Å². The SMILES string of the molecule is COC(=O)CS(=O)(=O)N[C@H]1CC[C@]2(C)[C@H]3C(=O)C=C4[C@@H]5C[C@@](C)(C(=O)O)CC[C@]5(C)CC[C@@]4(C)[C@]3(C)CC[C@H]2C1(C)C. The van der Waals surface area contributed by atoms with E-state index in [9.17, 15) is 27.9 Å². The van der Waals surface area contributed by atoms with Crippen LogP contribution in [-0.4, -0.2) is 50.2 Å². The highest BCUT2D eigenvalue weighted by Crippen LogP contribution is 2.75. The highest BCUT2D eigenvalue weighted by molar-refractivity contribution is 7.90. The Morgan fingerprint density at radius 3 is 2.24 bits per heavy atom. The summed E-state index contributed by atoms with van der Waals surface area (Å²) in [4.78, 5) is 38.6. The summed E-state index contributed by atoms with van der Waals surface area (Å²) < 4.78 is 33.1. The summed E-state index contributed by atoms with van der Waals surface area (Å²) in [6, 6.07) is -0.346. The first-order valence-corrected chi connectivity index (χ1v) is 17.4. The molecule has 0 aromatic rings. The zero-order valence-corrected chi connectivity index (χ0v) is 27.6. The minimum atomic E-state index is -3.87. The summed E-state index contributed by atoms with van der Waals surface area (Å²) in [6.45, 7) is 15.3. The van der Waals surface area contributed by atoms with Crippen molar-refractivity contribution < 1.29 is 32.6 Å². The molecule has 0 bridgehead atoms. The van der Waals surface area contributed by atoms with Crippen LogP contribution in [0.5, 0.6) is 0 Å². The minimum Gasteiger partial charge on any atom is -0.481 e. The van der Waals surface area contributed by atoms with Crippen molar-refractivity contribution in [3.8, 4) is 0 Å². The molecule has 0 heterocycles. The van der Waals surface area contributed by atoms with E-state index in [1.165, 1.54) is 12.7 Å². The molecule has 9 heteroatoms. The number of allylic oxidation sites excluding steroid dienone is 2. The normalized spacial score (nSPS) is 46.3. The van der Waals surface area contributed by atoms with Gasteiger partial charge in [-0.15, -0.1) is 0 Å². The molecule has 42 heavy (non-hydrogen) atoms. The molecule has 236 valence electrons. The van der Waals surface area contributed by atoms with Crippen molar-refractivity contribution in [2.75, 3.05) is 12.9 Å². The summed E-state index contributed by atoms with van der Waals surface area (Å²) in [7, 11) is -2.69. The number of rotatable bonds is 5. The second-order valence-electron chi connectivity index (χ2n) is 16.4. The summed E-state index contributed by atoms with van der Waals surface area (Å²) in [5.41, 5.74) is -0.803.